The Morgan fingerprint density at radius 3 is 2.60 bits per heavy atom. The number of nitrogens with one attached hydrogen (secondary N) is 2. The van der Waals surface area contributed by atoms with Crippen molar-refractivity contribution in [2.24, 2.45) is 0 Å². The van der Waals surface area contributed by atoms with Gasteiger partial charge in [0.1, 0.15) is 0 Å². The van der Waals surface area contributed by atoms with E-state index in [0.29, 0.717) is 18.7 Å². The van der Waals surface area contributed by atoms with E-state index in [1.807, 2.05) is 19.9 Å². The normalized spacial score (nSPS) is 10.8. The van der Waals surface area contributed by atoms with Crippen LogP contribution in [0.1, 0.15) is 21.7 Å². The smallest absolute Gasteiger partial charge is 0.234 e. The largest absolute Gasteiger partial charge is 0.383 e. The van der Waals surface area contributed by atoms with E-state index in [4.69, 9.17) is 4.74 Å². The van der Waals surface area contributed by atoms with E-state index in [2.05, 4.69) is 10.3 Å². The highest BCUT2D eigenvalue weighted by molar-refractivity contribution is 5.99. The molecule has 112 valence electrons. The summed E-state index contributed by atoms with van der Waals surface area (Å²) in [7, 11) is 3.33. The number of carbonyl (C=O) groups is 2. The molecule has 0 bridgehead atoms. The molecular weight excluding hydrogens is 258 g/mol. The summed E-state index contributed by atoms with van der Waals surface area (Å²) in [5, 5.41) is 2.72. The molecule has 0 fully saturated rings. The second kappa shape index (κ2) is 7.81. The van der Waals surface area contributed by atoms with E-state index in [-0.39, 0.29) is 24.8 Å². The van der Waals surface area contributed by atoms with Gasteiger partial charge >= 0.3 is 0 Å². The molecule has 0 saturated carbocycles. The lowest BCUT2D eigenvalue weighted by Gasteiger charge is -2.15. The molecule has 0 aliphatic heterocycles. The predicted octanol–water partition coefficient (Wildman–Crippen LogP) is 0.509. The van der Waals surface area contributed by atoms with Crippen LogP contribution in [0.25, 0.3) is 0 Å². The van der Waals surface area contributed by atoms with Crippen LogP contribution in [0.3, 0.4) is 0 Å². The monoisotopic (exact) mass is 281 g/mol. The molecule has 1 amide bonds. The number of hydrogen-bond donors (Lipinski definition) is 2. The zero-order valence-corrected chi connectivity index (χ0v) is 12.6. The number of amides is 1. The van der Waals surface area contributed by atoms with Crippen molar-refractivity contribution in [1.82, 2.24) is 15.2 Å². The second-order valence-electron chi connectivity index (χ2n) is 4.93. The molecule has 1 aromatic rings. The Morgan fingerprint density at radius 2 is 2.05 bits per heavy atom. The summed E-state index contributed by atoms with van der Waals surface area (Å²) in [5.41, 5.74) is 2.52. The summed E-state index contributed by atoms with van der Waals surface area (Å²) in [6, 6.07) is 1.84. The number of hydrogen-bond acceptors (Lipinski definition) is 4. The zero-order valence-electron chi connectivity index (χ0n) is 12.6. The number of carbonyl (C=O) groups excluding carboxylic acids is 2. The number of aromatic nitrogens is 1. The summed E-state index contributed by atoms with van der Waals surface area (Å²) in [5.74, 6) is -0.0987. The minimum Gasteiger partial charge on any atom is -0.383 e. The molecule has 0 aliphatic rings. The standard InChI is InChI=1S/C14H23N3O3/c1-10-7-12(11(2)16-10)13(18)8-17(3)9-14(19)15-5-6-20-4/h7,16H,5-6,8-9H2,1-4H3,(H,15,19). The van der Waals surface area contributed by atoms with Gasteiger partial charge in [0.05, 0.1) is 19.7 Å². The van der Waals surface area contributed by atoms with Crippen LogP contribution in [0.2, 0.25) is 0 Å². The summed E-state index contributed by atoms with van der Waals surface area (Å²) in [6.45, 7) is 5.16. The minimum atomic E-state index is -0.112. The molecule has 6 nitrogen and oxygen atoms in total. The lowest BCUT2D eigenvalue weighted by Crippen LogP contribution is -2.38. The van der Waals surface area contributed by atoms with Gasteiger partial charge in [0.2, 0.25) is 5.91 Å². The fraction of sp³-hybridized carbons (Fsp3) is 0.571. The Morgan fingerprint density at radius 1 is 1.35 bits per heavy atom. The molecule has 1 heterocycles. The molecule has 0 atom stereocenters. The molecule has 1 rings (SSSR count). The van der Waals surface area contributed by atoms with Crippen LogP contribution in [0.5, 0.6) is 0 Å². The summed E-state index contributed by atoms with van der Waals surface area (Å²) >= 11 is 0. The van der Waals surface area contributed by atoms with Crippen molar-refractivity contribution in [2.45, 2.75) is 13.8 Å². The van der Waals surface area contributed by atoms with E-state index in [9.17, 15) is 9.59 Å². The van der Waals surface area contributed by atoms with Crippen molar-refractivity contribution in [3.63, 3.8) is 0 Å². The van der Waals surface area contributed by atoms with Crippen LogP contribution >= 0.6 is 0 Å². The highest BCUT2D eigenvalue weighted by Crippen LogP contribution is 2.10. The molecule has 0 unspecified atom stereocenters. The van der Waals surface area contributed by atoms with Crippen LogP contribution in [0.15, 0.2) is 6.07 Å². The van der Waals surface area contributed by atoms with Gasteiger partial charge in [0.15, 0.2) is 5.78 Å². The van der Waals surface area contributed by atoms with Gasteiger partial charge in [-0.3, -0.25) is 14.5 Å². The predicted molar refractivity (Wildman–Crippen MR) is 77.0 cm³/mol. The van der Waals surface area contributed by atoms with Gasteiger partial charge in [-0.2, -0.15) is 0 Å². The Bertz CT molecular complexity index is 468. The first-order chi connectivity index (χ1) is 9.43. The van der Waals surface area contributed by atoms with Crippen LogP contribution in [-0.4, -0.2) is 62.0 Å². The van der Waals surface area contributed by atoms with Crippen LogP contribution in [0.4, 0.5) is 0 Å². The lowest BCUT2D eigenvalue weighted by atomic mass is 10.1. The molecule has 1 aromatic heterocycles. The number of likely N-dealkylation sites (N-methyl/N-ethyl adjacent to an activating group) is 1. The van der Waals surface area contributed by atoms with Crippen LogP contribution in [-0.2, 0) is 9.53 Å². The van der Waals surface area contributed by atoms with Crippen molar-refractivity contribution in [1.29, 1.82) is 0 Å². The zero-order chi connectivity index (χ0) is 15.1. The molecule has 0 radical (unpaired) electrons. The topological polar surface area (TPSA) is 74.4 Å². The van der Waals surface area contributed by atoms with Crippen molar-refractivity contribution >= 4 is 11.7 Å². The SMILES string of the molecule is COCCNC(=O)CN(C)CC(=O)c1cc(C)[nH]c1C. The quantitative estimate of drug-likeness (QED) is 0.538. The van der Waals surface area contributed by atoms with Crippen molar-refractivity contribution in [2.75, 3.05) is 40.4 Å². The number of H-pyrrole nitrogens is 1. The number of Topliss-reactive ketones (excluding diaryl/α,β-unsaturated/α-hetero) is 1. The van der Waals surface area contributed by atoms with Gasteiger partial charge < -0.3 is 15.0 Å². The Hall–Kier alpha value is -1.66. The fourth-order valence-electron chi connectivity index (χ4n) is 1.99. The van der Waals surface area contributed by atoms with Gasteiger partial charge in [-0.15, -0.1) is 0 Å². The molecule has 0 aromatic carbocycles. The maximum atomic E-state index is 12.1. The van der Waals surface area contributed by atoms with Crippen molar-refractivity contribution < 1.29 is 14.3 Å². The Balaban J connectivity index is 2.42. The molecular formula is C14H23N3O3. The average molecular weight is 281 g/mol. The third-order valence-electron chi connectivity index (χ3n) is 2.91. The Labute approximate surface area is 119 Å². The molecule has 0 spiro atoms. The average Bonchev–Trinajstić information content (AvgIpc) is 2.68. The Kier molecular flexibility index (Phi) is 6.41. The lowest BCUT2D eigenvalue weighted by molar-refractivity contribution is -0.122. The number of aromatic amines is 1. The maximum Gasteiger partial charge on any atom is 0.234 e. The van der Waals surface area contributed by atoms with Gasteiger partial charge in [-0.1, -0.05) is 0 Å². The van der Waals surface area contributed by atoms with E-state index >= 15 is 0 Å². The molecule has 6 heteroatoms. The number of ether oxygens (including phenoxy) is 1. The summed E-state index contributed by atoms with van der Waals surface area (Å²) < 4.78 is 4.85. The molecule has 0 saturated heterocycles. The molecule has 20 heavy (non-hydrogen) atoms. The molecule has 0 aliphatic carbocycles. The van der Waals surface area contributed by atoms with E-state index < -0.39 is 0 Å². The fourth-order valence-corrected chi connectivity index (χ4v) is 1.99. The number of aryl methyl sites for hydroxylation is 2. The minimum absolute atomic E-state index is 0.0130. The number of ketones is 1. The first-order valence-electron chi connectivity index (χ1n) is 6.57. The highest BCUT2D eigenvalue weighted by Gasteiger charge is 2.15. The van der Waals surface area contributed by atoms with Crippen molar-refractivity contribution in [3.8, 4) is 0 Å². The number of nitrogens with zero attached hydrogens (tertiary/aromatic N) is 1. The number of methoxy groups -OCH3 is 1. The van der Waals surface area contributed by atoms with E-state index in [0.717, 1.165) is 11.4 Å². The third kappa shape index (κ3) is 5.14. The highest BCUT2D eigenvalue weighted by atomic mass is 16.5. The summed E-state index contributed by atoms with van der Waals surface area (Å²) in [6.07, 6.45) is 0. The maximum absolute atomic E-state index is 12.1. The number of rotatable bonds is 8. The van der Waals surface area contributed by atoms with Crippen LogP contribution < -0.4 is 5.32 Å². The van der Waals surface area contributed by atoms with Crippen LogP contribution in [0, 0.1) is 13.8 Å². The first kappa shape index (κ1) is 16.4. The third-order valence-corrected chi connectivity index (χ3v) is 2.91. The van der Waals surface area contributed by atoms with E-state index in [1.54, 1.807) is 19.1 Å². The van der Waals surface area contributed by atoms with Gasteiger partial charge in [0.25, 0.3) is 0 Å². The van der Waals surface area contributed by atoms with Crippen molar-refractivity contribution in [3.05, 3.63) is 23.0 Å². The van der Waals surface area contributed by atoms with E-state index in [1.165, 1.54) is 0 Å². The first-order valence-corrected chi connectivity index (χ1v) is 6.57. The molecule has 2 N–H and O–H groups in total. The summed E-state index contributed by atoms with van der Waals surface area (Å²) in [4.78, 5) is 28.5. The van der Waals surface area contributed by atoms with Gasteiger partial charge in [0, 0.05) is 30.6 Å². The second-order valence-corrected chi connectivity index (χ2v) is 4.93. The van der Waals surface area contributed by atoms with Gasteiger partial charge in [-0.05, 0) is 27.0 Å². The van der Waals surface area contributed by atoms with Gasteiger partial charge in [-0.25, -0.2) is 0 Å².